The molecule has 160 valence electrons. The third-order valence-corrected chi connectivity index (χ3v) is 6.75. The first-order valence-corrected chi connectivity index (χ1v) is 10.9. The Morgan fingerprint density at radius 3 is 2.46 bits per heavy atom. The van der Waals surface area contributed by atoms with Crippen molar-refractivity contribution in [1.29, 1.82) is 0 Å². The number of hydrogen-bond acceptors (Lipinski definition) is 5. The molecule has 0 saturated heterocycles. The molecule has 1 amide bonds. The quantitative estimate of drug-likeness (QED) is 0.651. The smallest absolute Gasteiger partial charge is 0.242 e. The highest BCUT2D eigenvalue weighted by Gasteiger charge is 2.32. The largest absolute Gasteiger partial charge is 0.377 e. The first-order chi connectivity index (χ1) is 12.8. The van der Waals surface area contributed by atoms with Crippen LogP contribution in [0.25, 0.3) is 0 Å². The van der Waals surface area contributed by atoms with E-state index in [9.17, 15) is 13.2 Å². The number of carbonyl (C=O) groups is 1. The van der Waals surface area contributed by atoms with Crippen LogP contribution in [-0.2, 0) is 26.1 Å². The van der Waals surface area contributed by atoms with Crippen molar-refractivity contribution in [2.45, 2.75) is 56.2 Å². The lowest BCUT2D eigenvalue weighted by Gasteiger charge is -2.33. The Bertz CT molecular complexity index is 725. The second-order valence-corrected chi connectivity index (χ2v) is 9.38. The SMILES string of the molecule is CCCO[C@@H]1C[C@@H](C(=O)NCc2ccc(S(=O)(=O)N(C)C)cc2)CC[C@H]1N.Cl. The fourth-order valence-electron chi connectivity index (χ4n) is 3.18. The Morgan fingerprint density at radius 1 is 1.25 bits per heavy atom. The van der Waals surface area contributed by atoms with Gasteiger partial charge in [0.2, 0.25) is 15.9 Å². The second kappa shape index (κ2) is 11.1. The number of nitrogens with zero attached hydrogens (tertiary/aromatic N) is 1. The molecule has 3 N–H and O–H groups in total. The average molecular weight is 434 g/mol. The predicted octanol–water partition coefficient (Wildman–Crippen LogP) is 1.90. The molecule has 1 fully saturated rings. The van der Waals surface area contributed by atoms with Crippen molar-refractivity contribution in [2.75, 3.05) is 20.7 Å². The maximum absolute atomic E-state index is 12.5. The van der Waals surface area contributed by atoms with E-state index in [-0.39, 0.29) is 41.3 Å². The van der Waals surface area contributed by atoms with Crippen LogP contribution in [0, 0.1) is 5.92 Å². The molecular weight excluding hydrogens is 402 g/mol. The molecule has 1 aliphatic carbocycles. The molecule has 0 spiro atoms. The molecule has 0 heterocycles. The summed E-state index contributed by atoms with van der Waals surface area (Å²) in [6.45, 7) is 3.08. The zero-order valence-electron chi connectivity index (χ0n) is 16.8. The van der Waals surface area contributed by atoms with Crippen LogP contribution in [0.3, 0.4) is 0 Å². The average Bonchev–Trinajstić information content (AvgIpc) is 2.65. The van der Waals surface area contributed by atoms with Crippen molar-refractivity contribution in [2.24, 2.45) is 11.7 Å². The van der Waals surface area contributed by atoms with Gasteiger partial charge < -0.3 is 15.8 Å². The maximum atomic E-state index is 12.5. The van der Waals surface area contributed by atoms with Crippen LogP contribution in [0.5, 0.6) is 0 Å². The Hall–Kier alpha value is -1.19. The van der Waals surface area contributed by atoms with Gasteiger partial charge in [0.15, 0.2) is 0 Å². The highest BCUT2D eigenvalue weighted by atomic mass is 35.5. The fraction of sp³-hybridized carbons (Fsp3) is 0.632. The van der Waals surface area contributed by atoms with Crippen molar-refractivity contribution < 1.29 is 17.9 Å². The van der Waals surface area contributed by atoms with Crippen molar-refractivity contribution in [3.05, 3.63) is 29.8 Å². The lowest BCUT2D eigenvalue weighted by molar-refractivity contribution is -0.128. The summed E-state index contributed by atoms with van der Waals surface area (Å²) in [6, 6.07) is 6.56. The minimum atomic E-state index is -3.44. The molecule has 1 aromatic rings. The molecule has 1 aliphatic rings. The van der Waals surface area contributed by atoms with Gasteiger partial charge in [-0.05, 0) is 43.4 Å². The molecule has 0 unspecified atom stereocenters. The number of amides is 1. The molecule has 28 heavy (non-hydrogen) atoms. The summed E-state index contributed by atoms with van der Waals surface area (Å²) in [7, 11) is -0.447. The van der Waals surface area contributed by atoms with Gasteiger partial charge in [0, 0.05) is 39.2 Å². The fourth-order valence-corrected chi connectivity index (χ4v) is 4.08. The number of sulfonamides is 1. The van der Waals surface area contributed by atoms with E-state index in [1.807, 2.05) is 6.92 Å². The Balaban J connectivity index is 0.00000392. The summed E-state index contributed by atoms with van der Waals surface area (Å²) in [4.78, 5) is 12.7. The Morgan fingerprint density at radius 2 is 1.89 bits per heavy atom. The summed E-state index contributed by atoms with van der Waals surface area (Å²) < 4.78 is 31.1. The number of carbonyl (C=O) groups excluding carboxylic acids is 1. The minimum Gasteiger partial charge on any atom is -0.377 e. The van der Waals surface area contributed by atoms with Gasteiger partial charge in [-0.3, -0.25) is 4.79 Å². The summed E-state index contributed by atoms with van der Waals surface area (Å²) in [5, 5.41) is 2.95. The van der Waals surface area contributed by atoms with Gasteiger partial charge in [0.05, 0.1) is 11.0 Å². The normalized spacial score (nSPS) is 22.5. The third kappa shape index (κ3) is 6.42. The van der Waals surface area contributed by atoms with Gasteiger partial charge in [-0.15, -0.1) is 12.4 Å². The van der Waals surface area contributed by atoms with Crippen LogP contribution in [0.1, 0.15) is 38.2 Å². The van der Waals surface area contributed by atoms with Crippen LogP contribution >= 0.6 is 12.4 Å². The molecule has 3 atom stereocenters. The van der Waals surface area contributed by atoms with Gasteiger partial charge in [0.1, 0.15) is 0 Å². The number of nitrogens with one attached hydrogen (secondary N) is 1. The number of benzene rings is 1. The van der Waals surface area contributed by atoms with Crippen LogP contribution in [-0.4, -0.2) is 51.5 Å². The van der Waals surface area contributed by atoms with Gasteiger partial charge >= 0.3 is 0 Å². The van der Waals surface area contributed by atoms with Gasteiger partial charge in [-0.2, -0.15) is 0 Å². The molecular formula is C19H32ClN3O4S. The lowest BCUT2D eigenvalue weighted by atomic mass is 9.83. The summed E-state index contributed by atoms with van der Waals surface area (Å²) in [5.41, 5.74) is 6.96. The van der Waals surface area contributed by atoms with Crippen LogP contribution in [0.15, 0.2) is 29.2 Å². The number of hydrogen-bond donors (Lipinski definition) is 2. The molecule has 7 nitrogen and oxygen atoms in total. The monoisotopic (exact) mass is 433 g/mol. The zero-order chi connectivity index (χ0) is 20.0. The van der Waals surface area contributed by atoms with E-state index in [0.717, 1.165) is 24.8 Å². The Kier molecular flexibility index (Phi) is 9.86. The first kappa shape index (κ1) is 24.8. The van der Waals surface area contributed by atoms with Crippen molar-refractivity contribution >= 4 is 28.3 Å². The highest BCUT2D eigenvalue weighted by Crippen LogP contribution is 2.26. The van der Waals surface area contributed by atoms with Crippen LogP contribution < -0.4 is 11.1 Å². The molecule has 0 radical (unpaired) electrons. The van der Waals surface area contributed by atoms with Gasteiger partial charge in [0.25, 0.3) is 0 Å². The molecule has 0 bridgehead atoms. The van der Waals surface area contributed by atoms with Crippen molar-refractivity contribution in [3.8, 4) is 0 Å². The number of halogens is 1. The van der Waals surface area contributed by atoms with Crippen LogP contribution in [0.4, 0.5) is 0 Å². The molecule has 2 rings (SSSR count). The number of ether oxygens (including phenoxy) is 1. The molecule has 1 saturated carbocycles. The van der Waals surface area contributed by atoms with E-state index in [2.05, 4.69) is 5.32 Å². The van der Waals surface area contributed by atoms with Gasteiger partial charge in [-0.25, -0.2) is 12.7 Å². The van der Waals surface area contributed by atoms with Crippen LogP contribution in [0.2, 0.25) is 0 Å². The number of rotatable bonds is 8. The van der Waals surface area contributed by atoms with E-state index in [0.29, 0.717) is 19.6 Å². The zero-order valence-corrected chi connectivity index (χ0v) is 18.4. The molecule has 1 aromatic carbocycles. The number of nitrogens with two attached hydrogens (primary N) is 1. The van der Waals surface area contributed by atoms with E-state index >= 15 is 0 Å². The first-order valence-electron chi connectivity index (χ1n) is 9.42. The summed E-state index contributed by atoms with van der Waals surface area (Å²) in [5.74, 6) is -0.1000. The third-order valence-electron chi connectivity index (χ3n) is 4.92. The molecule has 0 aromatic heterocycles. The topological polar surface area (TPSA) is 102 Å². The van der Waals surface area contributed by atoms with Gasteiger partial charge in [-0.1, -0.05) is 19.1 Å². The molecule has 0 aliphatic heterocycles. The summed E-state index contributed by atoms with van der Waals surface area (Å²) >= 11 is 0. The van der Waals surface area contributed by atoms with E-state index in [4.69, 9.17) is 10.5 Å². The minimum absolute atomic E-state index is 0. The Labute approximate surface area is 174 Å². The standard InChI is InChI=1S/C19H31N3O4S.ClH/c1-4-11-26-18-12-15(7-10-17(18)20)19(23)21-13-14-5-8-16(9-6-14)27(24,25)22(2)3;/h5-6,8-9,15,17-18H,4,7,10-13,20H2,1-3H3,(H,21,23);1H/t15-,17+,18+;/m0./s1. The van der Waals surface area contributed by atoms with E-state index < -0.39 is 10.0 Å². The molecule has 9 heteroatoms. The van der Waals surface area contributed by atoms with Crippen molar-refractivity contribution in [1.82, 2.24) is 9.62 Å². The summed E-state index contributed by atoms with van der Waals surface area (Å²) in [6.07, 6.45) is 3.06. The van der Waals surface area contributed by atoms with Crippen molar-refractivity contribution in [3.63, 3.8) is 0 Å². The van der Waals surface area contributed by atoms with E-state index in [1.165, 1.54) is 18.4 Å². The predicted molar refractivity (Wildman–Crippen MR) is 112 cm³/mol. The lowest BCUT2D eigenvalue weighted by Crippen LogP contribution is -2.45. The second-order valence-electron chi connectivity index (χ2n) is 7.23. The maximum Gasteiger partial charge on any atom is 0.242 e. The highest BCUT2D eigenvalue weighted by molar-refractivity contribution is 7.89. The van der Waals surface area contributed by atoms with E-state index in [1.54, 1.807) is 24.3 Å².